The van der Waals surface area contributed by atoms with Crippen LogP contribution in [0, 0.1) is 10.1 Å². The molecular weight excluding hydrogens is 308 g/mol. The SMILES string of the molecule is CCN(CC)c1ccc(C=NNc2cccc([N+](=O)[O-])c2)c(O)c1. The number of nitrogens with one attached hydrogen (secondary N) is 1. The molecule has 0 aromatic heterocycles. The Bertz CT molecular complexity index is 742. The first-order chi connectivity index (χ1) is 11.5. The summed E-state index contributed by atoms with van der Waals surface area (Å²) in [6, 6.07) is 11.4. The van der Waals surface area contributed by atoms with Crippen molar-refractivity contribution in [2.75, 3.05) is 23.4 Å². The van der Waals surface area contributed by atoms with E-state index in [9.17, 15) is 15.2 Å². The molecule has 0 unspecified atom stereocenters. The van der Waals surface area contributed by atoms with Crippen LogP contribution in [0.15, 0.2) is 47.6 Å². The third-order valence-electron chi connectivity index (χ3n) is 3.60. The molecule has 0 radical (unpaired) electrons. The molecule has 0 aliphatic rings. The minimum atomic E-state index is -0.466. The summed E-state index contributed by atoms with van der Waals surface area (Å²) in [4.78, 5) is 12.4. The number of benzene rings is 2. The number of hydrazone groups is 1. The molecule has 2 rings (SSSR count). The van der Waals surface area contributed by atoms with Crippen LogP contribution in [0.1, 0.15) is 19.4 Å². The molecule has 0 fully saturated rings. The number of nitro benzene ring substituents is 1. The normalized spacial score (nSPS) is 10.8. The maximum atomic E-state index is 10.7. The Morgan fingerprint density at radius 1 is 1.25 bits per heavy atom. The molecule has 2 N–H and O–H groups in total. The molecule has 0 spiro atoms. The highest BCUT2D eigenvalue weighted by atomic mass is 16.6. The van der Waals surface area contributed by atoms with Gasteiger partial charge in [0, 0.05) is 42.5 Å². The van der Waals surface area contributed by atoms with E-state index in [1.165, 1.54) is 18.3 Å². The predicted molar refractivity (Wildman–Crippen MR) is 96.0 cm³/mol. The molecule has 0 atom stereocenters. The number of rotatable bonds is 7. The average Bonchev–Trinajstić information content (AvgIpc) is 2.58. The van der Waals surface area contributed by atoms with Crippen LogP contribution in [-0.4, -0.2) is 29.3 Å². The topological polar surface area (TPSA) is 91.0 Å². The largest absolute Gasteiger partial charge is 0.507 e. The van der Waals surface area contributed by atoms with Crippen LogP contribution in [0.2, 0.25) is 0 Å². The minimum Gasteiger partial charge on any atom is -0.507 e. The maximum Gasteiger partial charge on any atom is 0.271 e. The van der Waals surface area contributed by atoms with Crippen molar-refractivity contribution in [2.24, 2.45) is 5.10 Å². The Balaban J connectivity index is 2.09. The van der Waals surface area contributed by atoms with Crippen molar-refractivity contribution >= 4 is 23.3 Å². The van der Waals surface area contributed by atoms with E-state index in [2.05, 4.69) is 29.3 Å². The van der Waals surface area contributed by atoms with Crippen molar-refractivity contribution < 1.29 is 10.0 Å². The molecule has 0 heterocycles. The Morgan fingerprint density at radius 3 is 2.62 bits per heavy atom. The van der Waals surface area contributed by atoms with E-state index >= 15 is 0 Å². The van der Waals surface area contributed by atoms with Crippen molar-refractivity contribution in [2.45, 2.75) is 13.8 Å². The van der Waals surface area contributed by atoms with Gasteiger partial charge in [-0.1, -0.05) is 6.07 Å². The molecular formula is C17H20N4O3. The first-order valence-corrected chi connectivity index (χ1v) is 7.66. The van der Waals surface area contributed by atoms with Crippen LogP contribution >= 0.6 is 0 Å². The first kappa shape index (κ1) is 17.3. The molecule has 0 saturated heterocycles. The molecule has 0 aliphatic heterocycles. The average molecular weight is 328 g/mol. The standard InChI is InChI=1S/C17H20N4O3/c1-3-20(4-2)15-9-8-13(17(22)11-15)12-18-19-14-6-5-7-16(10-14)21(23)24/h5-12,19,22H,3-4H2,1-2H3. The molecule has 126 valence electrons. The van der Waals surface area contributed by atoms with Crippen LogP contribution in [-0.2, 0) is 0 Å². The number of non-ortho nitro benzene ring substituents is 1. The van der Waals surface area contributed by atoms with Gasteiger partial charge in [0.1, 0.15) is 5.75 Å². The molecule has 7 heteroatoms. The van der Waals surface area contributed by atoms with Gasteiger partial charge in [0.2, 0.25) is 0 Å². The zero-order valence-corrected chi connectivity index (χ0v) is 13.6. The number of hydrogen-bond acceptors (Lipinski definition) is 6. The van der Waals surface area contributed by atoms with Gasteiger partial charge >= 0.3 is 0 Å². The summed E-state index contributed by atoms with van der Waals surface area (Å²) < 4.78 is 0. The number of hydrogen-bond donors (Lipinski definition) is 2. The molecule has 0 saturated carbocycles. The van der Waals surface area contributed by atoms with E-state index in [4.69, 9.17) is 0 Å². The van der Waals surface area contributed by atoms with E-state index in [0.29, 0.717) is 11.3 Å². The van der Waals surface area contributed by atoms with Crippen molar-refractivity contribution in [3.63, 3.8) is 0 Å². The van der Waals surface area contributed by atoms with Crippen molar-refractivity contribution in [1.82, 2.24) is 0 Å². The van der Waals surface area contributed by atoms with Gasteiger partial charge in [-0.2, -0.15) is 5.10 Å². The second-order valence-electron chi connectivity index (χ2n) is 5.09. The molecule has 7 nitrogen and oxygen atoms in total. The third kappa shape index (κ3) is 4.22. The lowest BCUT2D eigenvalue weighted by Gasteiger charge is -2.21. The molecule has 0 aliphatic carbocycles. The highest BCUT2D eigenvalue weighted by molar-refractivity contribution is 5.85. The van der Waals surface area contributed by atoms with Crippen molar-refractivity contribution in [1.29, 1.82) is 0 Å². The number of nitrogens with zero attached hydrogens (tertiary/aromatic N) is 3. The fourth-order valence-electron chi connectivity index (χ4n) is 2.29. The van der Waals surface area contributed by atoms with Gasteiger partial charge in [0.25, 0.3) is 5.69 Å². The highest BCUT2D eigenvalue weighted by Gasteiger charge is 2.06. The Morgan fingerprint density at radius 2 is 2.00 bits per heavy atom. The highest BCUT2D eigenvalue weighted by Crippen LogP contribution is 2.23. The first-order valence-electron chi connectivity index (χ1n) is 7.66. The van der Waals surface area contributed by atoms with E-state index in [-0.39, 0.29) is 11.4 Å². The second kappa shape index (κ2) is 7.96. The summed E-state index contributed by atoms with van der Waals surface area (Å²) in [6.07, 6.45) is 1.47. The zero-order valence-electron chi connectivity index (χ0n) is 13.6. The number of phenolic OH excluding ortho intramolecular Hbond substituents is 1. The number of anilines is 2. The van der Waals surface area contributed by atoms with Gasteiger partial charge in [-0.3, -0.25) is 15.5 Å². The summed E-state index contributed by atoms with van der Waals surface area (Å²) in [5, 5.41) is 24.9. The Labute approximate surface area is 140 Å². The fourth-order valence-corrected chi connectivity index (χ4v) is 2.29. The zero-order chi connectivity index (χ0) is 17.5. The fraction of sp³-hybridized carbons (Fsp3) is 0.235. The van der Waals surface area contributed by atoms with Gasteiger partial charge in [-0.15, -0.1) is 0 Å². The van der Waals surface area contributed by atoms with Gasteiger partial charge in [0.15, 0.2) is 0 Å². The predicted octanol–water partition coefficient (Wildman–Crippen LogP) is 3.59. The summed E-state index contributed by atoms with van der Waals surface area (Å²) in [6.45, 7) is 5.83. The third-order valence-corrected chi connectivity index (χ3v) is 3.60. The maximum absolute atomic E-state index is 10.7. The van der Waals surface area contributed by atoms with E-state index in [1.807, 2.05) is 6.07 Å². The van der Waals surface area contributed by atoms with Crippen LogP contribution in [0.3, 0.4) is 0 Å². The molecule has 2 aromatic carbocycles. The van der Waals surface area contributed by atoms with E-state index in [0.717, 1.165) is 18.8 Å². The second-order valence-corrected chi connectivity index (χ2v) is 5.09. The summed E-state index contributed by atoms with van der Waals surface area (Å²) in [7, 11) is 0. The van der Waals surface area contributed by atoms with Crippen LogP contribution < -0.4 is 10.3 Å². The smallest absolute Gasteiger partial charge is 0.271 e. The van der Waals surface area contributed by atoms with Gasteiger partial charge in [0.05, 0.1) is 16.8 Å². The molecule has 2 aromatic rings. The van der Waals surface area contributed by atoms with Gasteiger partial charge in [-0.05, 0) is 32.0 Å². The number of phenols is 1. The monoisotopic (exact) mass is 328 g/mol. The van der Waals surface area contributed by atoms with Crippen LogP contribution in [0.25, 0.3) is 0 Å². The van der Waals surface area contributed by atoms with E-state index in [1.54, 1.807) is 24.3 Å². The van der Waals surface area contributed by atoms with Crippen LogP contribution in [0.5, 0.6) is 5.75 Å². The summed E-state index contributed by atoms with van der Waals surface area (Å²) >= 11 is 0. The quantitative estimate of drug-likeness (QED) is 0.460. The molecule has 24 heavy (non-hydrogen) atoms. The van der Waals surface area contributed by atoms with Gasteiger partial charge in [-0.25, -0.2) is 0 Å². The Kier molecular flexibility index (Phi) is 5.73. The van der Waals surface area contributed by atoms with Crippen molar-refractivity contribution in [3.8, 4) is 5.75 Å². The minimum absolute atomic E-state index is 0.0124. The van der Waals surface area contributed by atoms with Gasteiger partial charge < -0.3 is 10.0 Å². The van der Waals surface area contributed by atoms with E-state index < -0.39 is 4.92 Å². The molecule has 0 amide bonds. The molecule has 0 bridgehead atoms. The summed E-state index contributed by atoms with van der Waals surface area (Å²) in [5.74, 6) is 0.129. The number of aromatic hydroxyl groups is 1. The lowest BCUT2D eigenvalue weighted by atomic mass is 10.2. The number of nitro groups is 1. The lowest BCUT2D eigenvalue weighted by Crippen LogP contribution is -2.21. The summed E-state index contributed by atoms with van der Waals surface area (Å²) in [5.41, 5.74) is 4.71. The van der Waals surface area contributed by atoms with Crippen molar-refractivity contribution in [3.05, 3.63) is 58.1 Å². The lowest BCUT2D eigenvalue weighted by molar-refractivity contribution is -0.384. The van der Waals surface area contributed by atoms with Crippen LogP contribution in [0.4, 0.5) is 17.1 Å². The Hall–Kier alpha value is -3.09.